The van der Waals surface area contributed by atoms with Gasteiger partial charge < -0.3 is 9.84 Å². The van der Waals surface area contributed by atoms with Crippen LogP contribution in [0.5, 0.6) is 5.75 Å². The number of aliphatic carboxylic acids is 1. The van der Waals surface area contributed by atoms with Gasteiger partial charge in [0.25, 0.3) is 0 Å². The first-order chi connectivity index (χ1) is 10.2. The fraction of sp³-hybridized carbons (Fsp3) is 0.235. The highest BCUT2D eigenvalue weighted by Gasteiger charge is 2.08. The lowest BCUT2D eigenvalue weighted by Crippen LogP contribution is -2.33. The summed E-state index contributed by atoms with van der Waals surface area (Å²) in [5.74, 6) is 2.33. The van der Waals surface area contributed by atoms with E-state index in [4.69, 9.17) is 16.3 Å². The minimum atomic E-state index is -0.893. The average Bonchev–Trinajstić information content (AvgIpc) is 2.47. The normalized spacial score (nSPS) is 10.5. The summed E-state index contributed by atoms with van der Waals surface area (Å²) in [6.45, 7) is 1.09. The smallest absolute Gasteiger partial charge is 0.317 e. The summed E-state index contributed by atoms with van der Waals surface area (Å²) in [6.07, 6.45) is 5.22. The lowest BCUT2D eigenvalue weighted by molar-refractivity contribution is -0.138. The zero-order valence-electron chi connectivity index (χ0n) is 11.7. The molecule has 0 amide bonds. The van der Waals surface area contributed by atoms with Crippen molar-refractivity contribution < 1.29 is 14.6 Å². The first-order valence-electron chi connectivity index (χ1n) is 6.68. The van der Waals surface area contributed by atoms with Crippen LogP contribution in [0.15, 0.2) is 42.5 Å². The van der Waals surface area contributed by atoms with Crippen molar-refractivity contribution >= 4 is 16.7 Å². The Hall–Kier alpha value is -2.51. The van der Waals surface area contributed by atoms with Gasteiger partial charge in [-0.25, -0.2) is 0 Å². The molecule has 0 atom stereocenters. The highest BCUT2D eigenvalue weighted by atomic mass is 16.5. The Morgan fingerprint density at radius 1 is 1.24 bits per heavy atom. The molecule has 0 saturated heterocycles. The summed E-state index contributed by atoms with van der Waals surface area (Å²) in [4.78, 5) is 12.4. The largest absolute Gasteiger partial charge is 0.492 e. The van der Waals surface area contributed by atoms with Gasteiger partial charge in [0.05, 0.1) is 13.1 Å². The molecule has 0 aliphatic carbocycles. The third-order valence-corrected chi connectivity index (χ3v) is 3.07. The number of ether oxygens (including phenoxy) is 1. The Labute approximate surface area is 123 Å². The molecule has 108 valence electrons. The van der Waals surface area contributed by atoms with E-state index in [1.165, 1.54) is 0 Å². The van der Waals surface area contributed by atoms with Gasteiger partial charge in [-0.3, -0.25) is 9.69 Å². The van der Waals surface area contributed by atoms with Crippen LogP contribution in [-0.4, -0.2) is 42.2 Å². The molecule has 21 heavy (non-hydrogen) atoms. The van der Waals surface area contributed by atoms with Crippen molar-refractivity contribution in [3.8, 4) is 18.1 Å². The molecule has 0 aliphatic heterocycles. The predicted octanol–water partition coefficient (Wildman–Crippen LogP) is 2.24. The summed E-state index contributed by atoms with van der Waals surface area (Å²) in [7, 11) is 0. The molecule has 0 aromatic heterocycles. The number of hydrogen-bond donors (Lipinski definition) is 1. The van der Waals surface area contributed by atoms with E-state index in [0.29, 0.717) is 19.7 Å². The molecule has 0 spiro atoms. The SMILES string of the molecule is C#CCN(CCOc1ccc2ccccc2c1)CC(=O)O. The zero-order valence-corrected chi connectivity index (χ0v) is 11.7. The third-order valence-electron chi connectivity index (χ3n) is 3.07. The maximum atomic E-state index is 10.7. The number of nitrogens with zero attached hydrogens (tertiary/aromatic N) is 1. The Kier molecular flexibility index (Phi) is 5.19. The molecule has 2 aromatic carbocycles. The van der Waals surface area contributed by atoms with Gasteiger partial charge in [0.1, 0.15) is 12.4 Å². The number of carbonyl (C=O) groups is 1. The van der Waals surface area contributed by atoms with Crippen LogP contribution in [0.4, 0.5) is 0 Å². The van der Waals surface area contributed by atoms with Gasteiger partial charge in [-0.15, -0.1) is 6.42 Å². The predicted molar refractivity (Wildman–Crippen MR) is 82.4 cm³/mol. The van der Waals surface area contributed by atoms with Crippen molar-refractivity contribution in [1.29, 1.82) is 0 Å². The van der Waals surface area contributed by atoms with Crippen molar-refractivity contribution in [3.05, 3.63) is 42.5 Å². The molecule has 2 rings (SSSR count). The highest BCUT2D eigenvalue weighted by Crippen LogP contribution is 2.20. The summed E-state index contributed by atoms with van der Waals surface area (Å²) in [5.41, 5.74) is 0. The molecule has 0 heterocycles. The Bertz CT molecular complexity index is 660. The molecule has 0 saturated carbocycles. The van der Waals surface area contributed by atoms with Gasteiger partial charge in [-0.2, -0.15) is 0 Å². The Morgan fingerprint density at radius 3 is 2.71 bits per heavy atom. The van der Waals surface area contributed by atoms with Crippen molar-refractivity contribution in [1.82, 2.24) is 4.90 Å². The molecule has 4 nitrogen and oxygen atoms in total. The first-order valence-corrected chi connectivity index (χ1v) is 6.68. The number of hydrogen-bond acceptors (Lipinski definition) is 3. The van der Waals surface area contributed by atoms with Gasteiger partial charge in [0.2, 0.25) is 0 Å². The van der Waals surface area contributed by atoms with Gasteiger partial charge in [-0.05, 0) is 22.9 Å². The third kappa shape index (κ3) is 4.51. The van der Waals surface area contributed by atoms with Crippen LogP contribution in [0, 0.1) is 12.3 Å². The molecule has 0 bridgehead atoms. The summed E-state index contributed by atoms with van der Waals surface area (Å²) >= 11 is 0. The second-order valence-electron chi connectivity index (χ2n) is 4.67. The van der Waals surface area contributed by atoms with Crippen LogP contribution in [0.1, 0.15) is 0 Å². The second-order valence-corrected chi connectivity index (χ2v) is 4.67. The van der Waals surface area contributed by atoms with E-state index in [9.17, 15) is 4.79 Å². The number of terminal acetylenes is 1. The topological polar surface area (TPSA) is 49.8 Å². The molecule has 1 N–H and O–H groups in total. The maximum Gasteiger partial charge on any atom is 0.317 e. The van der Waals surface area contributed by atoms with Crippen molar-refractivity contribution in [3.63, 3.8) is 0 Å². The van der Waals surface area contributed by atoms with Crippen LogP contribution in [-0.2, 0) is 4.79 Å². The number of fused-ring (bicyclic) bond motifs is 1. The molecule has 4 heteroatoms. The minimum absolute atomic E-state index is 0.0781. The number of carboxylic acid groups (broad SMARTS) is 1. The first kappa shape index (κ1) is 14.9. The molecule has 0 aliphatic rings. The summed E-state index contributed by atoms with van der Waals surface area (Å²) < 4.78 is 5.67. The standard InChI is InChI=1S/C17H17NO3/c1-2-9-18(13-17(19)20)10-11-21-16-8-7-14-5-3-4-6-15(14)12-16/h1,3-8,12H,9-11,13H2,(H,19,20). The van der Waals surface area contributed by atoms with E-state index in [2.05, 4.69) is 5.92 Å². The van der Waals surface area contributed by atoms with Crippen LogP contribution in [0.25, 0.3) is 10.8 Å². The van der Waals surface area contributed by atoms with Crippen molar-refractivity contribution in [2.45, 2.75) is 0 Å². The van der Waals surface area contributed by atoms with Gasteiger partial charge in [0.15, 0.2) is 0 Å². The van der Waals surface area contributed by atoms with E-state index in [1.807, 2.05) is 42.5 Å². The van der Waals surface area contributed by atoms with Gasteiger partial charge in [-0.1, -0.05) is 36.3 Å². The quantitative estimate of drug-likeness (QED) is 0.792. The van der Waals surface area contributed by atoms with E-state index in [1.54, 1.807) is 4.90 Å². The fourth-order valence-corrected chi connectivity index (χ4v) is 2.08. The van der Waals surface area contributed by atoms with Gasteiger partial charge in [0, 0.05) is 6.54 Å². The number of benzene rings is 2. The van der Waals surface area contributed by atoms with Crippen LogP contribution in [0.3, 0.4) is 0 Å². The molecule has 0 fully saturated rings. The summed E-state index contributed by atoms with van der Waals surface area (Å²) in [6, 6.07) is 13.9. The fourth-order valence-electron chi connectivity index (χ4n) is 2.08. The monoisotopic (exact) mass is 283 g/mol. The molecule has 0 unspecified atom stereocenters. The lowest BCUT2D eigenvalue weighted by Gasteiger charge is -2.17. The van der Waals surface area contributed by atoms with E-state index < -0.39 is 5.97 Å². The maximum absolute atomic E-state index is 10.7. The van der Waals surface area contributed by atoms with Crippen LogP contribution < -0.4 is 4.74 Å². The molecule has 0 radical (unpaired) electrons. The lowest BCUT2D eigenvalue weighted by atomic mass is 10.1. The average molecular weight is 283 g/mol. The Balaban J connectivity index is 1.91. The van der Waals surface area contributed by atoms with E-state index in [-0.39, 0.29) is 6.54 Å². The molecular formula is C17H17NO3. The highest BCUT2D eigenvalue weighted by molar-refractivity contribution is 5.83. The number of rotatable bonds is 7. The zero-order chi connectivity index (χ0) is 15.1. The van der Waals surface area contributed by atoms with Crippen LogP contribution >= 0.6 is 0 Å². The van der Waals surface area contributed by atoms with Crippen molar-refractivity contribution in [2.75, 3.05) is 26.2 Å². The molecular weight excluding hydrogens is 266 g/mol. The van der Waals surface area contributed by atoms with E-state index in [0.717, 1.165) is 16.5 Å². The van der Waals surface area contributed by atoms with E-state index >= 15 is 0 Å². The Morgan fingerprint density at radius 2 is 2.00 bits per heavy atom. The summed E-state index contributed by atoms with van der Waals surface area (Å²) in [5, 5.41) is 11.1. The number of carboxylic acids is 1. The van der Waals surface area contributed by atoms with Crippen molar-refractivity contribution in [2.24, 2.45) is 0 Å². The molecule has 2 aromatic rings. The second kappa shape index (κ2) is 7.32. The minimum Gasteiger partial charge on any atom is -0.492 e. The van der Waals surface area contributed by atoms with Gasteiger partial charge >= 0.3 is 5.97 Å². The van der Waals surface area contributed by atoms with Crippen LogP contribution in [0.2, 0.25) is 0 Å².